The van der Waals surface area contributed by atoms with E-state index in [4.69, 9.17) is 14.2 Å². The summed E-state index contributed by atoms with van der Waals surface area (Å²) in [5, 5.41) is 2.84. The lowest BCUT2D eigenvalue weighted by Gasteiger charge is -2.15. The number of carbonyl (C=O) groups is 1. The number of ether oxygens (including phenoxy) is 3. The van der Waals surface area contributed by atoms with Gasteiger partial charge in [-0.3, -0.25) is 4.79 Å². The molecule has 0 atom stereocenters. The molecule has 0 unspecified atom stereocenters. The van der Waals surface area contributed by atoms with Crippen molar-refractivity contribution in [2.45, 2.75) is 13.3 Å². The molecule has 5 nitrogen and oxygen atoms in total. The third kappa shape index (κ3) is 4.91. The third-order valence-corrected chi connectivity index (χ3v) is 3.53. The molecule has 2 aromatic rings. The lowest BCUT2D eigenvalue weighted by atomic mass is 10.1. The predicted octanol–water partition coefficient (Wildman–Crippen LogP) is 2.75. The fraction of sp³-hybridized carbons (Fsp3) is 0.316. The van der Waals surface area contributed by atoms with Crippen LogP contribution in [-0.2, 0) is 11.2 Å². The Morgan fingerprint density at radius 1 is 1.04 bits per heavy atom. The van der Waals surface area contributed by atoms with E-state index in [1.54, 1.807) is 14.2 Å². The second kappa shape index (κ2) is 8.82. The quantitative estimate of drug-likeness (QED) is 0.809. The van der Waals surface area contributed by atoms with Crippen LogP contribution in [0.5, 0.6) is 17.2 Å². The minimum Gasteiger partial charge on any atom is -0.493 e. The molecule has 0 aliphatic carbocycles. The van der Waals surface area contributed by atoms with Gasteiger partial charge in [-0.2, -0.15) is 0 Å². The Balaban J connectivity index is 1.87. The monoisotopic (exact) mass is 329 g/mol. The number of rotatable bonds is 8. The summed E-state index contributed by atoms with van der Waals surface area (Å²) in [5.41, 5.74) is 2.17. The van der Waals surface area contributed by atoms with Gasteiger partial charge >= 0.3 is 0 Å². The molecule has 0 aliphatic rings. The summed E-state index contributed by atoms with van der Waals surface area (Å²) in [6.45, 7) is 2.41. The van der Waals surface area contributed by atoms with E-state index in [0.717, 1.165) is 12.0 Å². The average Bonchev–Trinajstić information content (AvgIpc) is 2.60. The first-order valence-corrected chi connectivity index (χ1v) is 7.80. The van der Waals surface area contributed by atoms with Crippen molar-refractivity contribution in [1.29, 1.82) is 0 Å². The van der Waals surface area contributed by atoms with Crippen molar-refractivity contribution in [2.24, 2.45) is 0 Å². The smallest absolute Gasteiger partial charge is 0.257 e. The van der Waals surface area contributed by atoms with Crippen LogP contribution < -0.4 is 19.5 Å². The van der Waals surface area contributed by atoms with Gasteiger partial charge in [0.25, 0.3) is 5.91 Å². The fourth-order valence-corrected chi connectivity index (χ4v) is 2.33. The molecule has 0 heterocycles. The Kier molecular flexibility index (Phi) is 6.49. The molecule has 128 valence electrons. The highest BCUT2D eigenvalue weighted by Crippen LogP contribution is 2.38. The molecule has 2 aromatic carbocycles. The Morgan fingerprint density at radius 3 is 2.25 bits per heavy atom. The number of methoxy groups -OCH3 is 2. The summed E-state index contributed by atoms with van der Waals surface area (Å²) in [6, 6.07) is 13.7. The molecular weight excluding hydrogens is 306 g/mol. The molecule has 0 saturated heterocycles. The van der Waals surface area contributed by atoms with Crippen LogP contribution in [0, 0.1) is 6.92 Å². The maximum atomic E-state index is 12.0. The van der Waals surface area contributed by atoms with Crippen molar-refractivity contribution in [3.8, 4) is 17.2 Å². The fourth-order valence-electron chi connectivity index (χ4n) is 2.33. The summed E-state index contributed by atoms with van der Waals surface area (Å²) in [7, 11) is 3.11. The Labute approximate surface area is 142 Å². The van der Waals surface area contributed by atoms with E-state index < -0.39 is 0 Å². The topological polar surface area (TPSA) is 56.8 Å². The van der Waals surface area contributed by atoms with E-state index in [1.165, 1.54) is 5.56 Å². The molecule has 0 aromatic heterocycles. The van der Waals surface area contributed by atoms with Crippen LogP contribution in [0.25, 0.3) is 0 Å². The molecular formula is C19H23NO4. The van der Waals surface area contributed by atoms with Crippen molar-refractivity contribution < 1.29 is 19.0 Å². The van der Waals surface area contributed by atoms with Gasteiger partial charge in [0, 0.05) is 6.54 Å². The number of benzene rings is 2. The van der Waals surface area contributed by atoms with Crippen LogP contribution in [0.3, 0.4) is 0 Å². The minimum absolute atomic E-state index is 0.0927. The molecule has 1 amide bonds. The van der Waals surface area contributed by atoms with Gasteiger partial charge in [-0.15, -0.1) is 0 Å². The first-order valence-electron chi connectivity index (χ1n) is 7.80. The predicted molar refractivity (Wildman–Crippen MR) is 92.9 cm³/mol. The van der Waals surface area contributed by atoms with Crippen molar-refractivity contribution in [3.63, 3.8) is 0 Å². The lowest BCUT2D eigenvalue weighted by Crippen LogP contribution is -2.30. The van der Waals surface area contributed by atoms with Gasteiger partial charge in [0.1, 0.15) is 0 Å². The molecule has 2 rings (SSSR count). The van der Waals surface area contributed by atoms with Gasteiger partial charge in [-0.05, 0) is 36.6 Å². The first kappa shape index (κ1) is 17.7. The largest absolute Gasteiger partial charge is 0.493 e. The zero-order valence-electron chi connectivity index (χ0n) is 14.3. The van der Waals surface area contributed by atoms with Crippen LogP contribution in [0.15, 0.2) is 42.5 Å². The summed E-state index contributed by atoms with van der Waals surface area (Å²) in [5.74, 6) is 1.34. The maximum Gasteiger partial charge on any atom is 0.257 e. The number of carbonyl (C=O) groups excluding carboxylic acids is 1. The second-order valence-corrected chi connectivity index (χ2v) is 5.37. The Hall–Kier alpha value is -2.69. The van der Waals surface area contributed by atoms with Crippen molar-refractivity contribution >= 4 is 5.91 Å². The van der Waals surface area contributed by atoms with Crippen LogP contribution >= 0.6 is 0 Å². The van der Waals surface area contributed by atoms with E-state index in [1.807, 2.05) is 49.4 Å². The standard InChI is InChI=1S/C19H23NO4/c1-14-11-16(22-2)19(17(12-14)23-3)24-13-18(21)20-10-9-15-7-5-4-6-8-15/h4-8,11-12H,9-10,13H2,1-3H3,(H,20,21). The van der Waals surface area contributed by atoms with Crippen LogP contribution in [0.2, 0.25) is 0 Å². The Morgan fingerprint density at radius 2 is 1.67 bits per heavy atom. The van der Waals surface area contributed by atoms with Crippen LogP contribution in [0.1, 0.15) is 11.1 Å². The molecule has 0 aliphatic heterocycles. The number of aryl methyl sites for hydroxylation is 1. The summed E-state index contributed by atoms with van der Waals surface area (Å²) >= 11 is 0. The molecule has 0 spiro atoms. The number of hydrogen-bond donors (Lipinski definition) is 1. The highest BCUT2D eigenvalue weighted by atomic mass is 16.5. The van der Waals surface area contributed by atoms with E-state index in [-0.39, 0.29) is 12.5 Å². The van der Waals surface area contributed by atoms with Crippen LogP contribution in [0.4, 0.5) is 0 Å². The zero-order valence-corrected chi connectivity index (χ0v) is 14.3. The Bertz CT molecular complexity index is 645. The maximum absolute atomic E-state index is 12.0. The molecule has 0 bridgehead atoms. The minimum atomic E-state index is -0.185. The highest BCUT2D eigenvalue weighted by Gasteiger charge is 2.14. The SMILES string of the molecule is COc1cc(C)cc(OC)c1OCC(=O)NCCc1ccccc1. The van der Waals surface area contributed by atoms with Gasteiger partial charge in [-0.25, -0.2) is 0 Å². The van der Waals surface area contributed by atoms with Gasteiger partial charge in [0.2, 0.25) is 5.75 Å². The third-order valence-electron chi connectivity index (χ3n) is 3.53. The van der Waals surface area contributed by atoms with Crippen molar-refractivity contribution in [2.75, 3.05) is 27.4 Å². The molecule has 24 heavy (non-hydrogen) atoms. The number of amides is 1. The van der Waals surface area contributed by atoms with E-state index in [9.17, 15) is 4.79 Å². The molecule has 0 fully saturated rings. The second-order valence-electron chi connectivity index (χ2n) is 5.37. The van der Waals surface area contributed by atoms with Crippen LogP contribution in [-0.4, -0.2) is 33.3 Å². The zero-order chi connectivity index (χ0) is 17.4. The van der Waals surface area contributed by atoms with Crippen molar-refractivity contribution in [1.82, 2.24) is 5.32 Å². The summed E-state index contributed by atoms with van der Waals surface area (Å²) in [4.78, 5) is 12.0. The first-order chi connectivity index (χ1) is 11.6. The normalized spacial score (nSPS) is 10.1. The number of nitrogens with one attached hydrogen (secondary N) is 1. The van der Waals surface area contributed by atoms with Gasteiger partial charge in [0.15, 0.2) is 18.1 Å². The van der Waals surface area contributed by atoms with Gasteiger partial charge < -0.3 is 19.5 Å². The lowest BCUT2D eigenvalue weighted by molar-refractivity contribution is -0.123. The van der Waals surface area contributed by atoms with Crippen molar-refractivity contribution in [3.05, 3.63) is 53.6 Å². The van der Waals surface area contributed by atoms with E-state index in [0.29, 0.717) is 23.8 Å². The summed E-state index contributed by atoms with van der Waals surface area (Å²) < 4.78 is 16.2. The van der Waals surface area contributed by atoms with Gasteiger partial charge in [0.05, 0.1) is 14.2 Å². The average molecular weight is 329 g/mol. The highest BCUT2D eigenvalue weighted by molar-refractivity contribution is 5.77. The van der Waals surface area contributed by atoms with E-state index >= 15 is 0 Å². The number of hydrogen-bond acceptors (Lipinski definition) is 4. The molecule has 0 saturated carbocycles. The van der Waals surface area contributed by atoms with Gasteiger partial charge in [-0.1, -0.05) is 30.3 Å². The summed E-state index contributed by atoms with van der Waals surface area (Å²) in [6.07, 6.45) is 0.782. The molecule has 1 N–H and O–H groups in total. The molecule has 5 heteroatoms. The molecule has 0 radical (unpaired) electrons. The van der Waals surface area contributed by atoms with E-state index in [2.05, 4.69) is 5.32 Å².